The first-order valence-electron chi connectivity index (χ1n) is 13.7. The van der Waals surface area contributed by atoms with E-state index in [0.717, 1.165) is 24.0 Å². The minimum Gasteiger partial charge on any atom is -0.486 e. The highest BCUT2D eigenvalue weighted by Crippen LogP contribution is 2.36. The molecule has 3 aromatic rings. The predicted molar refractivity (Wildman–Crippen MR) is 148 cm³/mol. The summed E-state index contributed by atoms with van der Waals surface area (Å²) in [5.74, 6) is -1.87. The highest BCUT2D eigenvalue weighted by atomic mass is 19.2. The fourth-order valence-corrected chi connectivity index (χ4v) is 5.14. The summed E-state index contributed by atoms with van der Waals surface area (Å²) in [5.41, 5.74) is 2.77. The van der Waals surface area contributed by atoms with Gasteiger partial charge in [0.05, 0.1) is 12.7 Å². The van der Waals surface area contributed by atoms with Crippen LogP contribution in [-0.4, -0.2) is 13.2 Å². The molecular formula is C33H37F3O2. The van der Waals surface area contributed by atoms with E-state index in [2.05, 4.69) is 13.5 Å². The molecule has 0 radical (unpaired) electrons. The zero-order valence-corrected chi connectivity index (χ0v) is 22.2. The van der Waals surface area contributed by atoms with Crippen molar-refractivity contribution in [3.63, 3.8) is 0 Å². The highest BCUT2D eigenvalue weighted by Gasteiger charge is 2.25. The summed E-state index contributed by atoms with van der Waals surface area (Å²) in [5, 5.41) is 0. The van der Waals surface area contributed by atoms with E-state index in [0.29, 0.717) is 23.7 Å². The molecule has 1 saturated heterocycles. The van der Waals surface area contributed by atoms with Crippen LogP contribution in [0.3, 0.4) is 0 Å². The second-order valence-corrected chi connectivity index (χ2v) is 10.1. The third-order valence-electron chi connectivity index (χ3n) is 7.37. The van der Waals surface area contributed by atoms with E-state index in [1.54, 1.807) is 24.3 Å². The molecule has 2 unspecified atom stereocenters. The fourth-order valence-electron chi connectivity index (χ4n) is 5.14. The lowest BCUT2D eigenvalue weighted by Gasteiger charge is -2.29. The molecule has 0 N–H and O–H groups in total. The molecule has 0 aliphatic carbocycles. The van der Waals surface area contributed by atoms with Gasteiger partial charge in [-0.25, -0.2) is 8.78 Å². The molecule has 0 saturated carbocycles. The molecule has 3 aromatic carbocycles. The Morgan fingerprint density at radius 2 is 1.61 bits per heavy atom. The van der Waals surface area contributed by atoms with Gasteiger partial charge < -0.3 is 9.47 Å². The van der Waals surface area contributed by atoms with Crippen LogP contribution in [0.2, 0.25) is 0 Å². The quantitative estimate of drug-likeness (QED) is 0.174. The van der Waals surface area contributed by atoms with E-state index in [1.807, 2.05) is 12.1 Å². The van der Waals surface area contributed by atoms with Crippen molar-refractivity contribution in [3.05, 3.63) is 90.3 Å². The van der Waals surface area contributed by atoms with Gasteiger partial charge in [0.1, 0.15) is 12.4 Å². The molecule has 1 fully saturated rings. The van der Waals surface area contributed by atoms with Gasteiger partial charge in [0.2, 0.25) is 5.82 Å². The van der Waals surface area contributed by atoms with Crippen LogP contribution in [-0.2, 0) is 4.74 Å². The van der Waals surface area contributed by atoms with Crippen LogP contribution in [0.5, 0.6) is 5.75 Å². The van der Waals surface area contributed by atoms with Crippen molar-refractivity contribution in [2.45, 2.75) is 64.4 Å². The van der Waals surface area contributed by atoms with Gasteiger partial charge >= 0.3 is 0 Å². The van der Waals surface area contributed by atoms with Gasteiger partial charge in [-0.1, -0.05) is 88.1 Å². The molecule has 4 rings (SSSR count). The Hall–Kier alpha value is -3.05. The number of halogens is 3. The summed E-state index contributed by atoms with van der Waals surface area (Å²) < 4.78 is 55.4. The minimum atomic E-state index is -1.03. The van der Waals surface area contributed by atoms with Gasteiger partial charge in [-0.3, -0.25) is 0 Å². The number of ether oxygens (including phenoxy) is 2. The van der Waals surface area contributed by atoms with Crippen LogP contribution in [0.4, 0.5) is 13.2 Å². The van der Waals surface area contributed by atoms with Gasteiger partial charge in [0.25, 0.3) is 0 Å². The normalized spacial score (nSPS) is 17.4. The molecule has 0 amide bonds. The van der Waals surface area contributed by atoms with Gasteiger partial charge in [-0.05, 0) is 60.1 Å². The van der Waals surface area contributed by atoms with E-state index in [9.17, 15) is 8.78 Å². The first kappa shape index (κ1) is 28.0. The Kier molecular flexibility index (Phi) is 10.1. The SMILES string of the molecule is C=CCOc1ccc(-c2ccc(-c3ccc(C4CCC(CCCCCCC)CO4)c(F)c3)cc2)c(F)c1F. The fraction of sp³-hybridized carbons (Fsp3) is 0.394. The van der Waals surface area contributed by atoms with Gasteiger partial charge in [0.15, 0.2) is 11.6 Å². The van der Waals surface area contributed by atoms with Crippen LogP contribution in [0.1, 0.15) is 70.0 Å². The highest BCUT2D eigenvalue weighted by molar-refractivity contribution is 5.71. The van der Waals surface area contributed by atoms with E-state index < -0.39 is 11.6 Å². The van der Waals surface area contributed by atoms with Crippen LogP contribution >= 0.6 is 0 Å². The van der Waals surface area contributed by atoms with Crippen molar-refractivity contribution in [2.75, 3.05) is 13.2 Å². The molecule has 2 atom stereocenters. The van der Waals surface area contributed by atoms with Gasteiger partial charge in [-0.15, -0.1) is 0 Å². The largest absolute Gasteiger partial charge is 0.486 e. The summed E-state index contributed by atoms with van der Waals surface area (Å²) in [6.45, 7) is 6.52. The zero-order valence-electron chi connectivity index (χ0n) is 22.2. The third-order valence-corrected chi connectivity index (χ3v) is 7.37. The number of hydrogen-bond donors (Lipinski definition) is 0. The molecule has 1 heterocycles. The monoisotopic (exact) mass is 522 g/mol. The summed E-state index contributed by atoms with van der Waals surface area (Å²) in [6, 6.07) is 15.1. The van der Waals surface area contributed by atoms with Gasteiger partial charge in [0, 0.05) is 11.1 Å². The maximum Gasteiger partial charge on any atom is 0.201 e. The predicted octanol–water partition coefficient (Wildman–Crippen LogP) is 9.83. The molecule has 2 nitrogen and oxygen atoms in total. The Balaban J connectivity index is 1.38. The smallest absolute Gasteiger partial charge is 0.201 e. The maximum absolute atomic E-state index is 15.1. The molecule has 0 aromatic heterocycles. The maximum atomic E-state index is 15.1. The third kappa shape index (κ3) is 6.87. The Bertz CT molecular complexity index is 1200. The summed E-state index contributed by atoms with van der Waals surface area (Å²) in [7, 11) is 0. The second-order valence-electron chi connectivity index (χ2n) is 10.1. The molecule has 0 spiro atoms. The van der Waals surface area contributed by atoms with Gasteiger partial charge in [-0.2, -0.15) is 4.39 Å². The van der Waals surface area contributed by atoms with Crippen molar-refractivity contribution >= 4 is 0 Å². The van der Waals surface area contributed by atoms with E-state index >= 15 is 4.39 Å². The Morgan fingerprint density at radius 1 is 0.868 bits per heavy atom. The molecule has 0 bridgehead atoms. The minimum absolute atomic E-state index is 0.0896. The Labute approximate surface area is 224 Å². The van der Waals surface area contributed by atoms with Crippen LogP contribution in [0.15, 0.2) is 67.3 Å². The average Bonchev–Trinajstić information content (AvgIpc) is 2.94. The molecule has 5 heteroatoms. The number of rotatable bonds is 12. The summed E-state index contributed by atoms with van der Waals surface area (Å²) in [4.78, 5) is 0. The topological polar surface area (TPSA) is 18.5 Å². The first-order chi connectivity index (χ1) is 18.5. The second kappa shape index (κ2) is 13.7. The molecular weight excluding hydrogens is 485 g/mol. The standard InChI is InChI=1S/C33H37F3O2/c1-3-5-6-7-8-9-23-10-18-30(38-22-23)28-16-15-26(21-29(28)34)24-11-13-25(14-12-24)27-17-19-31(37-20-4-2)33(36)32(27)35/h4,11-17,19,21,23,30H,2-3,5-10,18,20,22H2,1H3. The lowest BCUT2D eigenvalue weighted by Crippen LogP contribution is -2.21. The van der Waals surface area contributed by atoms with Crippen LogP contribution in [0, 0.1) is 23.4 Å². The van der Waals surface area contributed by atoms with Crippen molar-refractivity contribution in [2.24, 2.45) is 5.92 Å². The van der Waals surface area contributed by atoms with E-state index in [4.69, 9.17) is 9.47 Å². The molecule has 202 valence electrons. The lowest BCUT2D eigenvalue weighted by atomic mass is 9.90. The number of hydrogen-bond acceptors (Lipinski definition) is 2. The van der Waals surface area contributed by atoms with Crippen molar-refractivity contribution in [1.82, 2.24) is 0 Å². The summed E-state index contributed by atoms with van der Waals surface area (Å²) >= 11 is 0. The van der Waals surface area contributed by atoms with Crippen molar-refractivity contribution in [1.29, 1.82) is 0 Å². The van der Waals surface area contributed by atoms with E-state index in [-0.39, 0.29) is 29.8 Å². The van der Waals surface area contributed by atoms with Crippen LogP contribution < -0.4 is 4.74 Å². The van der Waals surface area contributed by atoms with Crippen molar-refractivity contribution < 1.29 is 22.6 Å². The first-order valence-corrected chi connectivity index (χ1v) is 13.7. The molecule has 1 aliphatic heterocycles. The molecule has 1 aliphatic rings. The average molecular weight is 523 g/mol. The van der Waals surface area contributed by atoms with Crippen molar-refractivity contribution in [3.8, 4) is 28.0 Å². The summed E-state index contributed by atoms with van der Waals surface area (Å²) in [6.07, 6.45) is 10.8. The zero-order chi connectivity index (χ0) is 26.9. The van der Waals surface area contributed by atoms with E-state index in [1.165, 1.54) is 62.8 Å². The lowest BCUT2D eigenvalue weighted by molar-refractivity contribution is -0.0215. The number of unbranched alkanes of at least 4 members (excludes halogenated alkanes) is 4. The Morgan fingerprint density at radius 3 is 2.29 bits per heavy atom. The molecule has 38 heavy (non-hydrogen) atoms. The number of benzene rings is 3. The van der Waals surface area contributed by atoms with Crippen LogP contribution in [0.25, 0.3) is 22.3 Å².